The van der Waals surface area contributed by atoms with Gasteiger partial charge in [0, 0.05) is 13.0 Å². The van der Waals surface area contributed by atoms with E-state index in [4.69, 9.17) is 16.0 Å². The summed E-state index contributed by atoms with van der Waals surface area (Å²) < 4.78 is 5.58. The predicted molar refractivity (Wildman–Crippen MR) is 74.5 cm³/mol. The maximum Gasteiger partial charge on any atom is 0.230 e. The van der Waals surface area contributed by atoms with Gasteiger partial charge in [0.25, 0.3) is 0 Å². The Labute approximate surface area is 118 Å². The minimum atomic E-state index is -0.442. The fourth-order valence-corrected chi connectivity index (χ4v) is 2.58. The van der Waals surface area contributed by atoms with Crippen molar-refractivity contribution in [3.05, 3.63) is 40.1 Å². The number of carbonyl (C=O) groups excluding carboxylic acids is 2. The van der Waals surface area contributed by atoms with Crippen molar-refractivity contribution >= 4 is 40.6 Å². The second-order valence-corrected chi connectivity index (χ2v) is 5.19. The third kappa shape index (κ3) is 1.91. The van der Waals surface area contributed by atoms with Crippen molar-refractivity contribution in [3.8, 4) is 0 Å². The molecule has 3 rings (SSSR count). The molecule has 0 bridgehead atoms. The van der Waals surface area contributed by atoms with E-state index in [-0.39, 0.29) is 35.7 Å². The van der Waals surface area contributed by atoms with Gasteiger partial charge in [-0.15, -0.1) is 11.6 Å². The fourth-order valence-electron chi connectivity index (χ4n) is 2.31. The zero-order valence-electron chi connectivity index (χ0n) is 10.3. The third-order valence-electron chi connectivity index (χ3n) is 3.25. The average molecular weight is 292 g/mol. The van der Waals surface area contributed by atoms with E-state index in [0.717, 1.165) is 0 Å². The Bertz CT molecular complexity index is 767. The number of amides is 1. The van der Waals surface area contributed by atoms with Crippen LogP contribution in [0.5, 0.6) is 0 Å². The molecule has 1 aromatic heterocycles. The van der Waals surface area contributed by atoms with E-state index in [9.17, 15) is 14.4 Å². The number of nitrogens with zero attached hydrogens (tertiary/aromatic N) is 1. The van der Waals surface area contributed by atoms with Gasteiger partial charge in [0.1, 0.15) is 11.1 Å². The first-order chi connectivity index (χ1) is 9.61. The van der Waals surface area contributed by atoms with Crippen molar-refractivity contribution in [1.82, 2.24) is 0 Å². The van der Waals surface area contributed by atoms with Crippen LogP contribution in [-0.4, -0.2) is 24.1 Å². The van der Waals surface area contributed by atoms with Crippen LogP contribution in [0.4, 0.5) is 5.88 Å². The number of rotatable bonds is 2. The number of halogens is 1. The Hall–Kier alpha value is -2.14. The van der Waals surface area contributed by atoms with Crippen LogP contribution < -0.4 is 10.3 Å². The lowest BCUT2D eigenvalue weighted by Crippen LogP contribution is -2.28. The summed E-state index contributed by atoms with van der Waals surface area (Å²) in [4.78, 5) is 36.6. The van der Waals surface area contributed by atoms with Crippen LogP contribution in [0.3, 0.4) is 0 Å². The molecule has 1 aromatic carbocycles. The van der Waals surface area contributed by atoms with Gasteiger partial charge in [-0.3, -0.25) is 19.3 Å². The minimum absolute atomic E-state index is 0.0168. The van der Waals surface area contributed by atoms with Crippen molar-refractivity contribution < 1.29 is 14.0 Å². The summed E-state index contributed by atoms with van der Waals surface area (Å²) in [7, 11) is 0. The van der Waals surface area contributed by atoms with E-state index in [1.54, 1.807) is 24.3 Å². The lowest BCUT2D eigenvalue weighted by molar-refractivity contribution is -0.117. The van der Waals surface area contributed by atoms with Crippen molar-refractivity contribution in [3.63, 3.8) is 0 Å². The van der Waals surface area contributed by atoms with Crippen molar-refractivity contribution in [2.75, 3.05) is 11.4 Å². The first-order valence-electron chi connectivity index (χ1n) is 6.07. The van der Waals surface area contributed by atoms with E-state index >= 15 is 0 Å². The molecule has 1 saturated heterocycles. The molecule has 0 radical (unpaired) electrons. The number of para-hydroxylation sites is 1. The highest BCUT2D eigenvalue weighted by molar-refractivity contribution is 6.24. The van der Waals surface area contributed by atoms with Crippen LogP contribution in [-0.2, 0) is 4.79 Å². The molecule has 1 aliphatic rings. The molecule has 2 heterocycles. The van der Waals surface area contributed by atoms with E-state index in [1.165, 1.54) is 4.90 Å². The highest BCUT2D eigenvalue weighted by Crippen LogP contribution is 2.28. The molecule has 6 heteroatoms. The molecule has 0 spiro atoms. The quantitative estimate of drug-likeness (QED) is 0.626. The molecule has 0 N–H and O–H groups in total. The van der Waals surface area contributed by atoms with Gasteiger partial charge in [-0.1, -0.05) is 12.1 Å². The van der Waals surface area contributed by atoms with Crippen LogP contribution in [0.15, 0.2) is 33.5 Å². The van der Waals surface area contributed by atoms with Gasteiger partial charge in [0.05, 0.1) is 10.8 Å². The number of hydrogen-bond donors (Lipinski definition) is 0. The van der Waals surface area contributed by atoms with Crippen LogP contribution in [0.25, 0.3) is 11.0 Å². The van der Waals surface area contributed by atoms with E-state index in [2.05, 4.69) is 0 Å². The topological polar surface area (TPSA) is 67.6 Å². The Morgan fingerprint density at radius 3 is 2.70 bits per heavy atom. The Balaban J connectivity index is 2.27. The highest BCUT2D eigenvalue weighted by atomic mass is 35.5. The summed E-state index contributed by atoms with van der Waals surface area (Å²) in [5.74, 6) is -0.275. The molecule has 20 heavy (non-hydrogen) atoms. The number of fused-ring (bicyclic) bond motifs is 1. The molecule has 2 aromatic rings. The standard InChI is InChI=1S/C14H10ClNO4/c15-8-5-12(18)16(6-8)14-10(7-17)13(19)9-3-1-2-4-11(9)20-14/h1-4,7-8H,5-6H2. The van der Waals surface area contributed by atoms with E-state index < -0.39 is 5.43 Å². The van der Waals surface area contributed by atoms with Crippen molar-refractivity contribution in [2.45, 2.75) is 11.8 Å². The van der Waals surface area contributed by atoms with Crippen molar-refractivity contribution in [2.24, 2.45) is 0 Å². The lowest BCUT2D eigenvalue weighted by atomic mass is 10.1. The van der Waals surface area contributed by atoms with Crippen LogP contribution in [0.2, 0.25) is 0 Å². The molecule has 102 valence electrons. The van der Waals surface area contributed by atoms with Gasteiger partial charge in [0.15, 0.2) is 6.29 Å². The molecule has 1 amide bonds. The summed E-state index contributed by atoms with van der Waals surface area (Å²) in [6.45, 7) is 0.225. The van der Waals surface area contributed by atoms with Crippen molar-refractivity contribution in [1.29, 1.82) is 0 Å². The second-order valence-electron chi connectivity index (χ2n) is 4.57. The van der Waals surface area contributed by atoms with Gasteiger partial charge in [-0.2, -0.15) is 0 Å². The predicted octanol–water partition coefficient (Wildman–Crippen LogP) is 1.95. The lowest BCUT2D eigenvalue weighted by Gasteiger charge is -2.16. The maximum atomic E-state index is 12.3. The molecule has 1 unspecified atom stereocenters. The Morgan fingerprint density at radius 2 is 2.05 bits per heavy atom. The van der Waals surface area contributed by atoms with E-state index in [1.807, 2.05) is 0 Å². The van der Waals surface area contributed by atoms with Crippen LogP contribution in [0, 0.1) is 0 Å². The highest BCUT2D eigenvalue weighted by Gasteiger charge is 2.33. The van der Waals surface area contributed by atoms with Gasteiger partial charge >= 0.3 is 0 Å². The zero-order chi connectivity index (χ0) is 14.3. The number of hydrogen-bond acceptors (Lipinski definition) is 4. The maximum absolute atomic E-state index is 12.3. The number of aldehydes is 1. The second kappa shape index (κ2) is 4.76. The minimum Gasteiger partial charge on any atom is -0.439 e. The Kier molecular flexibility index (Phi) is 3.06. The first-order valence-corrected chi connectivity index (χ1v) is 6.51. The largest absolute Gasteiger partial charge is 0.439 e. The number of benzene rings is 1. The summed E-state index contributed by atoms with van der Waals surface area (Å²) in [6.07, 6.45) is 0.582. The summed E-state index contributed by atoms with van der Waals surface area (Å²) in [5, 5.41) is -0.0359. The monoisotopic (exact) mass is 291 g/mol. The molecule has 1 fully saturated rings. The molecule has 1 aliphatic heterocycles. The SMILES string of the molecule is O=Cc1c(N2CC(Cl)CC2=O)oc2ccccc2c1=O. The fraction of sp³-hybridized carbons (Fsp3) is 0.214. The summed E-state index contributed by atoms with van der Waals surface area (Å²) >= 11 is 5.93. The van der Waals surface area contributed by atoms with Gasteiger partial charge in [-0.25, -0.2) is 0 Å². The van der Waals surface area contributed by atoms with Gasteiger partial charge in [0.2, 0.25) is 17.2 Å². The third-order valence-corrected chi connectivity index (χ3v) is 3.55. The van der Waals surface area contributed by atoms with Gasteiger partial charge in [-0.05, 0) is 12.1 Å². The number of carbonyl (C=O) groups is 2. The number of alkyl halides is 1. The smallest absolute Gasteiger partial charge is 0.230 e. The molecule has 1 atom stereocenters. The zero-order valence-corrected chi connectivity index (χ0v) is 11.1. The van der Waals surface area contributed by atoms with Crippen LogP contribution in [0.1, 0.15) is 16.8 Å². The number of anilines is 1. The molecule has 0 saturated carbocycles. The summed E-state index contributed by atoms with van der Waals surface area (Å²) in [5.41, 5.74) is -0.255. The molecular formula is C14H10ClNO4. The molecule has 0 aliphatic carbocycles. The molecular weight excluding hydrogens is 282 g/mol. The normalized spacial score (nSPS) is 18.8. The average Bonchev–Trinajstić information content (AvgIpc) is 2.77. The Morgan fingerprint density at radius 1 is 1.30 bits per heavy atom. The summed E-state index contributed by atoms with van der Waals surface area (Å²) in [6, 6.07) is 6.59. The van der Waals surface area contributed by atoms with Gasteiger partial charge < -0.3 is 4.42 Å². The molecule has 5 nitrogen and oxygen atoms in total. The van der Waals surface area contributed by atoms with E-state index in [0.29, 0.717) is 17.3 Å². The first kappa shape index (κ1) is 12.9. The van der Waals surface area contributed by atoms with Crippen LogP contribution >= 0.6 is 11.6 Å².